The molecular weight excluding hydrogens is 202 g/mol. The fourth-order valence-electron chi connectivity index (χ4n) is 1.61. The van der Waals surface area contributed by atoms with Crippen LogP contribution >= 0.6 is 11.3 Å². The Morgan fingerprint density at radius 2 is 2.07 bits per heavy atom. The Kier molecular flexibility index (Phi) is 6.69. The van der Waals surface area contributed by atoms with Crippen LogP contribution in [0.3, 0.4) is 0 Å². The molecule has 0 aromatic carbocycles. The Balaban J connectivity index is 2.23. The summed E-state index contributed by atoms with van der Waals surface area (Å²) in [7, 11) is 0. The number of nitrogens with one attached hydrogen (secondary N) is 1. The van der Waals surface area contributed by atoms with Crippen molar-refractivity contribution in [2.45, 2.75) is 52.5 Å². The molecule has 15 heavy (non-hydrogen) atoms. The van der Waals surface area contributed by atoms with Crippen molar-refractivity contribution in [2.75, 3.05) is 6.54 Å². The fourth-order valence-corrected chi connectivity index (χ4v) is 2.54. The van der Waals surface area contributed by atoms with Crippen molar-refractivity contribution in [1.82, 2.24) is 5.32 Å². The maximum absolute atomic E-state index is 3.44. The van der Waals surface area contributed by atoms with Crippen LogP contribution in [0, 0.1) is 0 Å². The molecule has 0 spiro atoms. The molecule has 0 radical (unpaired) electrons. The first-order valence-electron chi connectivity index (χ1n) is 6.13. The maximum atomic E-state index is 3.44. The highest BCUT2D eigenvalue weighted by Crippen LogP contribution is 2.17. The first kappa shape index (κ1) is 12.7. The normalized spacial score (nSPS) is 10.8. The zero-order valence-corrected chi connectivity index (χ0v) is 10.8. The summed E-state index contributed by atoms with van der Waals surface area (Å²) in [6.45, 7) is 6.63. The van der Waals surface area contributed by atoms with Gasteiger partial charge in [-0.3, -0.25) is 0 Å². The molecule has 1 N–H and O–H groups in total. The molecule has 2 heteroatoms. The van der Waals surface area contributed by atoms with Crippen LogP contribution in [0.1, 0.15) is 50.0 Å². The largest absolute Gasteiger partial charge is 0.313 e. The third-order valence-electron chi connectivity index (χ3n) is 2.49. The Morgan fingerprint density at radius 1 is 1.20 bits per heavy atom. The highest BCUT2D eigenvalue weighted by atomic mass is 32.1. The molecule has 0 aliphatic rings. The molecule has 0 aliphatic heterocycles. The Morgan fingerprint density at radius 3 is 2.80 bits per heavy atom. The highest BCUT2D eigenvalue weighted by Gasteiger charge is 1.99. The molecule has 0 bridgehead atoms. The van der Waals surface area contributed by atoms with Crippen molar-refractivity contribution in [3.63, 3.8) is 0 Å². The fraction of sp³-hybridized carbons (Fsp3) is 0.692. The number of unbranched alkanes of at least 4 members (excludes halogenated alkanes) is 2. The monoisotopic (exact) mass is 225 g/mol. The second kappa shape index (κ2) is 7.89. The number of aryl methyl sites for hydroxylation is 1. The third kappa shape index (κ3) is 5.33. The summed E-state index contributed by atoms with van der Waals surface area (Å²) in [6.07, 6.45) is 6.51. The summed E-state index contributed by atoms with van der Waals surface area (Å²) >= 11 is 1.92. The summed E-state index contributed by atoms with van der Waals surface area (Å²) in [6, 6.07) is 2.36. The van der Waals surface area contributed by atoms with E-state index in [1.807, 2.05) is 11.3 Å². The number of hydrogen-bond acceptors (Lipinski definition) is 2. The van der Waals surface area contributed by atoms with E-state index in [9.17, 15) is 0 Å². The highest BCUT2D eigenvalue weighted by molar-refractivity contribution is 7.10. The van der Waals surface area contributed by atoms with Gasteiger partial charge in [-0.15, -0.1) is 11.3 Å². The molecule has 1 rings (SSSR count). The van der Waals surface area contributed by atoms with Gasteiger partial charge < -0.3 is 5.32 Å². The minimum absolute atomic E-state index is 1.04. The molecule has 1 aromatic heterocycles. The topological polar surface area (TPSA) is 12.0 Å². The predicted octanol–water partition coefficient (Wildman–Crippen LogP) is 3.98. The van der Waals surface area contributed by atoms with Crippen molar-refractivity contribution in [1.29, 1.82) is 0 Å². The number of thiophene rings is 1. The van der Waals surface area contributed by atoms with Gasteiger partial charge in [-0.2, -0.15) is 0 Å². The molecule has 0 saturated heterocycles. The number of hydrogen-bond donors (Lipinski definition) is 1. The van der Waals surface area contributed by atoms with Gasteiger partial charge in [-0.1, -0.05) is 26.7 Å². The van der Waals surface area contributed by atoms with E-state index in [0.717, 1.165) is 13.1 Å². The van der Waals surface area contributed by atoms with Crippen molar-refractivity contribution in [2.24, 2.45) is 0 Å². The molecule has 0 fully saturated rings. The zero-order chi connectivity index (χ0) is 10.9. The molecule has 1 heterocycles. The van der Waals surface area contributed by atoms with Crippen LogP contribution in [0.25, 0.3) is 0 Å². The molecule has 0 atom stereocenters. The van der Waals surface area contributed by atoms with E-state index in [0.29, 0.717) is 0 Å². The Labute approximate surface area is 97.9 Å². The van der Waals surface area contributed by atoms with E-state index in [-0.39, 0.29) is 0 Å². The quantitative estimate of drug-likeness (QED) is 0.660. The lowest BCUT2D eigenvalue weighted by atomic mass is 10.2. The second-order valence-corrected chi connectivity index (χ2v) is 5.05. The zero-order valence-electron chi connectivity index (χ0n) is 10.0. The Hall–Kier alpha value is -0.340. The Bertz CT molecular complexity index is 230. The standard InChI is InChI=1S/C13H23NS/c1-3-5-6-7-13-9-12(11-15-13)10-14-8-4-2/h9,11,14H,3-8,10H2,1-2H3. The van der Waals surface area contributed by atoms with E-state index in [4.69, 9.17) is 0 Å². The predicted molar refractivity (Wildman–Crippen MR) is 69.5 cm³/mol. The molecule has 0 aliphatic carbocycles. The van der Waals surface area contributed by atoms with Crippen molar-refractivity contribution < 1.29 is 0 Å². The molecular formula is C13H23NS. The van der Waals surface area contributed by atoms with E-state index in [2.05, 4.69) is 30.6 Å². The van der Waals surface area contributed by atoms with E-state index < -0.39 is 0 Å². The van der Waals surface area contributed by atoms with Gasteiger partial charge in [-0.05, 0) is 42.8 Å². The molecule has 86 valence electrons. The lowest BCUT2D eigenvalue weighted by molar-refractivity contribution is 0.676. The second-order valence-electron chi connectivity index (χ2n) is 4.06. The van der Waals surface area contributed by atoms with Gasteiger partial charge in [0.25, 0.3) is 0 Å². The van der Waals surface area contributed by atoms with Crippen LogP contribution < -0.4 is 5.32 Å². The summed E-state index contributed by atoms with van der Waals surface area (Å²) < 4.78 is 0. The molecule has 1 nitrogen and oxygen atoms in total. The summed E-state index contributed by atoms with van der Waals surface area (Å²) in [5, 5.41) is 5.73. The van der Waals surface area contributed by atoms with Crippen molar-refractivity contribution in [3.8, 4) is 0 Å². The van der Waals surface area contributed by atoms with Gasteiger partial charge in [0.1, 0.15) is 0 Å². The van der Waals surface area contributed by atoms with Gasteiger partial charge in [0.2, 0.25) is 0 Å². The van der Waals surface area contributed by atoms with Gasteiger partial charge >= 0.3 is 0 Å². The molecule has 0 unspecified atom stereocenters. The van der Waals surface area contributed by atoms with E-state index in [1.165, 1.54) is 37.7 Å². The molecule has 0 saturated carbocycles. The lowest BCUT2D eigenvalue weighted by Gasteiger charge is -1.99. The smallest absolute Gasteiger partial charge is 0.0213 e. The maximum Gasteiger partial charge on any atom is 0.0213 e. The average Bonchev–Trinajstić information content (AvgIpc) is 2.67. The minimum Gasteiger partial charge on any atom is -0.313 e. The van der Waals surface area contributed by atoms with Crippen LogP contribution in [0.4, 0.5) is 0 Å². The SMILES string of the molecule is CCCCCc1cc(CNCCC)cs1. The van der Waals surface area contributed by atoms with Crippen LogP contribution in [-0.2, 0) is 13.0 Å². The average molecular weight is 225 g/mol. The summed E-state index contributed by atoms with van der Waals surface area (Å²) in [4.78, 5) is 1.55. The van der Waals surface area contributed by atoms with Crippen molar-refractivity contribution >= 4 is 11.3 Å². The van der Waals surface area contributed by atoms with E-state index >= 15 is 0 Å². The van der Waals surface area contributed by atoms with Crippen molar-refractivity contribution in [3.05, 3.63) is 21.9 Å². The van der Waals surface area contributed by atoms with Crippen LogP contribution in [0.2, 0.25) is 0 Å². The van der Waals surface area contributed by atoms with Crippen LogP contribution in [0.5, 0.6) is 0 Å². The molecule has 1 aromatic rings. The minimum atomic E-state index is 1.04. The number of rotatable bonds is 8. The summed E-state index contributed by atoms with van der Waals surface area (Å²) in [5.74, 6) is 0. The van der Waals surface area contributed by atoms with Crippen LogP contribution in [-0.4, -0.2) is 6.54 Å². The van der Waals surface area contributed by atoms with Gasteiger partial charge in [0.15, 0.2) is 0 Å². The third-order valence-corrected chi connectivity index (χ3v) is 3.54. The van der Waals surface area contributed by atoms with Gasteiger partial charge in [0, 0.05) is 11.4 Å². The van der Waals surface area contributed by atoms with Gasteiger partial charge in [-0.25, -0.2) is 0 Å². The first-order chi connectivity index (χ1) is 7.36. The first-order valence-corrected chi connectivity index (χ1v) is 7.01. The van der Waals surface area contributed by atoms with Gasteiger partial charge in [0.05, 0.1) is 0 Å². The molecule has 0 amide bonds. The lowest BCUT2D eigenvalue weighted by Crippen LogP contribution is -2.12. The van der Waals surface area contributed by atoms with Crippen LogP contribution in [0.15, 0.2) is 11.4 Å². The van der Waals surface area contributed by atoms with E-state index in [1.54, 1.807) is 4.88 Å². The summed E-state index contributed by atoms with van der Waals surface area (Å²) in [5.41, 5.74) is 1.46.